The number of hydrogen-bond acceptors (Lipinski definition) is 2. The fourth-order valence-electron chi connectivity index (χ4n) is 1.23. The zero-order valence-electron chi connectivity index (χ0n) is 9.92. The van der Waals surface area contributed by atoms with Gasteiger partial charge >= 0.3 is 18.2 Å². The number of carboxylic acids is 1. The van der Waals surface area contributed by atoms with Crippen LogP contribution in [0.2, 0.25) is 0 Å². The number of benzene rings is 1. The first-order valence-electron chi connectivity index (χ1n) is 5.33. The average molecular weight is 294 g/mol. The summed E-state index contributed by atoms with van der Waals surface area (Å²) in [5, 5.41) is 12.5. The van der Waals surface area contributed by atoms with Crippen molar-refractivity contribution >= 4 is 17.7 Å². The minimum atomic E-state index is -4.40. The summed E-state index contributed by atoms with van der Waals surface area (Å²) in [4.78, 5) is 21.7. The van der Waals surface area contributed by atoms with Crippen LogP contribution in [0.4, 0.5) is 28.0 Å². The summed E-state index contributed by atoms with van der Waals surface area (Å²) >= 11 is 0. The standard InChI is InChI=1S/C11H10F4N2O3/c12-7-5-6(9(18)19)1-2-8(7)17-10(20)16-4-3-11(13,14)15/h1-2,5H,3-4H2,(H,18,19)(H2,16,17,20). The summed E-state index contributed by atoms with van der Waals surface area (Å²) in [6.07, 6.45) is -5.61. The second-order valence-electron chi connectivity index (χ2n) is 3.75. The highest BCUT2D eigenvalue weighted by Crippen LogP contribution is 2.18. The van der Waals surface area contributed by atoms with Gasteiger partial charge in [0.1, 0.15) is 5.82 Å². The third-order valence-corrected chi connectivity index (χ3v) is 2.16. The molecule has 1 rings (SSSR count). The van der Waals surface area contributed by atoms with E-state index in [0.29, 0.717) is 6.07 Å². The Morgan fingerprint density at radius 1 is 1.25 bits per heavy atom. The van der Waals surface area contributed by atoms with Crippen LogP contribution in [0.3, 0.4) is 0 Å². The van der Waals surface area contributed by atoms with Crippen LogP contribution in [0.25, 0.3) is 0 Å². The number of amides is 2. The van der Waals surface area contributed by atoms with Crippen molar-refractivity contribution in [3.05, 3.63) is 29.6 Å². The highest BCUT2D eigenvalue weighted by Gasteiger charge is 2.26. The number of aromatic carboxylic acids is 1. The molecular formula is C11H10F4N2O3. The summed E-state index contributed by atoms with van der Waals surface area (Å²) in [6, 6.07) is 1.73. The van der Waals surface area contributed by atoms with Crippen molar-refractivity contribution in [2.24, 2.45) is 0 Å². The molecule has 9 heteroatoms. The van der Waals surface area contributed by atoms with E-state index in [4.69, 9.17) is 5.11 Å². The Morgan fingerprint density at radius 3 is 2.40 bits per heavy atom. The average Bonchev–Trinajstić information content (AvgIpc) is 2.29. The summed E-state index contributed by atoms with van der Waals surface area (Å²) < 4.78 is 48.9. The van der Waals surface area contributed by atoms with E-state index in [9.17, 15) is 27.2 Å². The molecule has 0 fully saturated rings. The van der Waals surface area contributed by atoms with Crippen LogP contribution in [0.5, 0.6) is 0 Å². The van der Waals surface area contributed by atoms with Crippen molar-refractivity contribution in [3.8, 4) is 0 Å². The molecule has 110 valence electrons. The summed E-state index contributed by atoms with van der Waals surface area (Å²) in [7, 11) is 0. The molecule has 0 heterocycles. The summed E-state index contributed by atoms with van der Waals surface area (Å²) in [5.41, 5.74) is -0.648. The topological polar surface area (TPSA) is 78.4 Å². The molecule has 1 aromatic rings. The monoisotopic (exact) mass is 294 g/mol. The molecule has 2 amide bonds. The summed E-state index contributed by atoms with van der Waals surface area (Å²) in [6.45, 7) is -0.649. The van der Waals surface area contributed by atoms with Gasteiger partial charge in [-0.15, -0.1) is 0 Å². The summed E-state index contributed by atoms with van der Waals surface area (Å²) in [5.74, 6) is -2.35. The van der Waals surface area contributed by atoms with Crippen molar-refractivity contribution in [3.63, 3.8) is 0 Å². The molecule has 0 radical (unpaired) electrons. The third-order valence-electron chi connectivity index (χ3n) is 2.16. The van der Waals surface area contributed by atoms with Crippen LogP contribution in [0.15, 0.2) is 18.2 Å². The van der Waals surface area contributed by atoms with Gasteiger partial charge < -0.3 is 15.7 Å². The number of halogens is 4. The van der Waals surface area contributed by atoms with Gasteiger partial charge in [-0.1, -0.05) is 0 Å². The smallest absolute Gasteiger partial charge is 0.390 e. The van der Waals surface area contributed by atoms with Gasteiger partial charge in [-0.25, -0.2) is 14.0 Å². The number of alkyl halides is 3. The lowest BCUT2D eigenvalue weighted by molar-refractivity contribution is -0.132. The first-order valence-corrected chi connectivity index (χ1v) is 5.33. The molecule has 0 saturated heterocycles. The zero-order chi connectivity index (χ0) is 15.3. The molecule has 0 unspecified atom stereocenters. The fraction of sp³-hybridized carbons (Fsp3) is 0.273. The lowest BCUT2D eigenvalue weighted by Crippen LogP contribution is -2.32. The number of hydrogen-bond donors (Lipinski definition) is 3. The van der Waals surface area contributed by atoms with E-state index >= 15 is 0 Å². The number of anilines is 1. The van der Waals surface area contributed by atoms with Gasteiger partial charge in [0.2, 0.25) is 0 Å². The molecule has 0 aromatic heterocycles. The van der Waals surface area contributed by atoms with Crippen molar-refractivity contribution in [2.75, 3.05) is 11.9 Å². The Labute approximate surface area is 110 Å². The lowest BCUT2D eigenvalue weighted by Gasteiger charge is -2.10. The van der Waals surface area contributed by atoms with Gasteiger partial charge in [-0.3, -0.25) is 0 Å². The Balaban J connectivity index is 2.56. The minimum absolute atomic E-state index is 0.314. The normalized spacial score (nSPS) is 11.0. The number of urea groups is 1. The Bertz CT molecular complexity index is 517. The van der Waals surface area contributed by atoms with E-state index in [0.717, 1.165) is 12.1 Å². The van der Waals surface area contributed by atoms with Crippen LogP contribution < -0.4 is 10.6 Å². The maximum Gasteiger partial charge on any atom is 0.390 e. The number of carbonyl (C=O) groups excluding carboxylic acids is 1. The first kappa shape index (κ1) is 15.7. The Hall–Kier alpha value is -2.32. The Morgan fingerprint density at radius 2 is 1.90 bits per heavy atom. The number of rotatable bonds is 4. The molecule has 3 N–H and O–H groups in total. The predicted molar refractivity (Wildman–Crippen MR) is 61.1 cm³/mol. The maximum absolute atomic E-state index is 13.4. The SMILES string of the molecule is O=C(NCCC(F)(F)F)Nc1ccc(C(=O)O)cc1F. The van der Waals surface area contributed by atoms with E-state index in [1.165, 1.54) is 0 Å². The van der Waals surface area contributed by atoms with Crippen molar-refractivity contribution in [1.29, 1.82) is 0 Å². The van der Waals surface area contributed by atoms with E-state index in [2.05, 4.69) is 0 Å². The van der Waals surface area contributed by atoms with Crippen molar-refractivity contribution < 1.29 is 32.3 Å². The van der Waals surface area contributed by atoms with E-state index in [-0.39, 0.29) is 11.3 Å². The van der Waals surface area contributed by atoms with Crippen molar-refractivity contribution in [2.45, 2.75) is 12.6 Å². The molecule has 0 aliphatic rings. The number of carbonyl (C=O) groups is 2. The Kier molecular flexibility index (Phi) is 4.89. The van der Waals surface area contributed by atoms with Gasteiger partial charge in [-0.05, 0) is 18.2 Å². The van der Waals surface area contributed by atoms with Gasteiger partial charge in [0, 0.05) is 6.54 Å². The van der Waals surface area contributed by atoms with E-state index < -0.39 is 37.0 Å². The minimum Gasteiger partial charge on any atom is -0.478 e. The quantitative estimate of drug-likeness (QED) is 0.747. The van der Waals surface area contributed by atoms with Gasteiger partial charge in [0.25, 0.3) is 0 Å². The molecule has 20 heavy (non-hydrogen) atoms. The van der Waals surface area contributed by atoms with Crippen LogP contribution in [0.1, 0.15) is 16.8 Å². The molecule has 0 spiro atoms. The molecule has 0 atom stereocenters. The molecule has 0 aliphatic heterocycles. The second-order valence-corrected chi connectivity index (χ2v) is 3.75. The largest absolute Gasteiger partial charge is 0.478 e. The third kappa shape index (κ3) is 5.12. The zero-order valence-corrected chi connectivity index (χ0v) is 9.92. The fourth-order valence-corrected chi connectivity index (χ4v) is 1.23. The highest BCUT2D eigenvalue weighted by atomic mass is 19.4. The van der Waals surface area contributed by atoms with Crippen molar-refractivity contribution in [1.82, 2.24) is 5.32 Å². The van der Waals surface area contributed by atoms with Gasteiger partial charge in [0.05, 0.1) is 17.7 Å². The lowest BCUT2D eigenvalue weighted by atomic mass is 10.2. The van der Waals surface area contributed by atoms with E-state index in [1.807, 2.05) is 10.6 Å². The van der Waals surface area contributed by atoms with Crippen LogP contribution in [-0.2, 0) is 0 Å². The van der Waals surface area contributed by atoms with Gasteiger partial charge in [-0.2, -0.15) is 13.2 Å². The molecule has 0 saturated carbocycles. The molecule has 0 aliphatic carbocycles. The van der Waals surface area contributed by atoms with E-state index in [1.54, 1.807) is 0 Å². The maximum atomic E-state index is 13.4. The molecule has 0 bridgehead atoms. The second kappa shape index (κ2) is 6.22. The number of carboxylic acid groups (broad SMARTS) is 1. The van der Waals surface area contributed by atoms with Crippen LogP contribution >= 0.6 is 0 Å². The molecule has 5 nitrogen and oxygen atoms in total. The number of nitrogens with one attached hydrogen (secondary N) is 2. The first-order chi connectivity index (χ1) is 9.19. The van der Waals surface area contributed by atoms with Crippen LogP contribution in [0, 0.1) is 5.82 Å². The highest BCUT2D eigenvalue weighted by molar-refractivity contribution is 5.91. The molecule has 1 aromatic carbocycles. The van der Waals surface area contributed by atoms with Crippen LogP contribution in [-0.4, -0.2) is 29.8 Å². The predicted octanol–water partition coefficient (Wildman–Crippen LogP) is 2.60. The van der Waals surface area contributed by atoms with Gasteiger partial charge in [0.15, 0.2) is 0 Å². The molecular weight excluding hydrogens is 284 g/mol.